The molecule has 1 aliphatic carbocycles. The van der Waals surface area contributed by atoms with Crippen molar-refractivity contribution in [2.24, 2.45) is 9.98 Å². The summed E-state index contributed by atoms with van der Waals surface area (Å²) in [7, 11) is 0. The lowest BCUT2D eigenvalue weighted by atomic mass is 9.64. The summed E-state index contributed by atoms with van der Waals surface area (Å²) < 4.78 is 0. The number of nitrogens with zero attached hydrogens (tertiary/aromatic N) is 3. The van der Waals surface area contributed by atoms with Gasteiger partial charge in [0, 0.05) is 16.8 Å². The van der Waals surface area contributed by atoms with Gasteiger partial charge in [0.05, 0.1) is 22.5 Å². The molecule has 3 nitrogen and oxygen atoms in total. The second-order valence-corrected chi connectivity index (χ2v) is 13.1. The van der Waals surface area contributed by atoms with Crippen molar-refractivity contribution in [2.75, 3.05) is 4.90 Å². The van der Waals surface area contributed by atoms with Gasteiger partial charge < -0.3 is 4.90 Å². The minimum Gasteiger partial charge on any atom is -0.310 e. The number of benzene rings is 7. The fourth-order valence-electron chi connectivity index (χ4n) is 8.18. The minimum absolute atomic E-state index is 0.492. The summed E-state index contributed by atoms with van der Waals surface area (Å²) in [4.78, 5) is 12.0. The highest BCUT2D eigenvalue weighted by Crippen LogP contribution is 2.63. The first-order valence-electron chi connectivity index (χ1n) is 17.4. The van der Waals surface area contributed by atoms with Crippen LogP contribution in [0.4, 0.5) is 17.1 Å². The number of amidine groups is 1. The maximum absolute atomic E-state index is 5.19. The van der Waals surface area contributed by atoms with Gasteiger partial charge in [0.25, 0.3) is 0 Å². The van der Waals surface area contributed by atoms with E-state index in [9.17, 15) is 0 Å². The quantitative estimate of drug-likeness (QED) is 0.103. The Hall–Kier alpha value is -6.58. The summed E-state index contributed by atoms with van der Waals surface area (Å²) in [6, 6.07) is 64.9. The molecule has 51 heavy (non-hydrogen) atoms. The van der Waals surface area contributed by atoms with Gasteiger partial charge in [-0.3, -0.25) is 0 Å². The van der Waals surface area contributed by atoms with E-state index < -0.39 is 5.41 Å². The molecule has 2 aliphatic rings. The first-order valence-corrected chi connectivity index (χ1v) is 17.4. The molecule has 7 aromatic rings. The average molecular weight is 654 g/mol. The van der Waals surface area contributed by atoms with Gasteiger partial charge in [-0.15, -0.1) is 0 Å². The topological polar surface area (TPSA) is 28.0 Å². The lowest BCUT2D eigenvalue weighted by Gasteiger charge is -2.45. The highest BCUT2D eigenvalue weighted by atomic mass is 15.2. The van der Waals surface area contributed by atoms with Gasteiger partial charge in [0.1, 0.15) is 0 Å². The van der Waals surface area contributed by atoms with Crippen LogP contribution < -0.4 is 4.90 Å². The van der Waals surface area contributed by atoms with E-state index in [2.05, 4.69) is 169 Å². The molecule has 0 aromatic heterocycles. The number of hydrogen-bond acceptors (Lipinski definition) is 2. The zero-order valence-corrected chi connectivity index (χ0v) is 28.4. The maximum Gasteiger partial charge on any atom is 0.159 e. The lowest BCUT2D eigenvalue weighted by Crippen LogP contribution is -2.36. The summed E-state index contributed by atoms with van der Waals surface area (Å²) in [5.41, 5.74) is 15.7. The van der Waals surface area contributed by atoms with Crippen molar-refractivity contribution in [3.05, 3.63) is 221 Å². The molecule has 242 valence electrons. The molecular formula is C48H35N3. The van der Waals surface area contributed by atoms with Gasteiger partial charge >= 0.3 is 0 Å². The molecule has 0 saturated carbocycles. The highest BCUT2D eigenvalue weighted by Gasteiger charge is 2.51. The van der Waals surface area contributed by atoms with Crippen LogP contribution >= 0.6 is 0 Å². The summed E-state index contributed by atoms with van der Waals surface area (Å²) in [6.07, 6.45) is 0. The molecular weight excluding hydrogens is 619 g/mol. The smallest absolute Gasteiger partial charge is 0.159 e. The van der Waals surface area contributed by atoms with Crippen molar-refractivity contribution in [1.82, 2.24) is 0 Å². The normalized spacial score (nSPS) is 14.2. The Morgan fingerprint density at radius 2 is 1.00 bits per heavy atom. The summed E-state index contributed by atoms with van der Waals surface area (Å²) >= 11 is 0. The van der Waals surface area contributed by atoms with Gasteiger partial charge in [-0.1, -0.05) is 152 Å². The monoisotopic (exact) mass is 653 g/mol. The van der Waals surface area contributed by atoms with Crippen LogP contribution in [0.15, 0.2) is 192 Å². The fourth-order valence-corrected chi connectivity index (χ4v) is 8.18. The zero-order valence-electron chi connectivity index (χ0n) is 28.4. The number of para-hydroxylation sites is 3. The van der Waals surface area contributed by atoms with E-state index in [4.69, 9.17) is 4.99 Å². The summed E-state index contributed by atoms with van der Waals surface area (Å²) in [5, 5.41) is 0. The minimum atomic E-state index is -0.492. The molecule has 3 heteroatoms. The van der Waals surface area contributed by atoms with Crippen molar-refractivity contribution in [3.8, 4) is 11.1 Å². The van der Waals surface area contributed by atoms with Crippen LogP contribution in [0.5, 0.6) is 0 Å². The second-order valence-electron chi connectivity index (χ2n) is 13.1. The van der Waals surface area contributed by atoms with Crippen LogP contribution in [0, 0.1) is 0 Å². The largest absolute Gasteiger partial charge is 0.310 e. The molecule has 1 heterocycles. The third kappa shape index (κ3) is 4.74. The van der Waals surface area contributed by atoms with Crippen molar-refractivity contribution in [3.63, 3.8) is 0 Å². The summed E-state index contributed by atoms with van der Waals surface area (Å²) in [6.45, 7) is 6.06. The molecule has 0 amide bonds. The van der Waals surface area contributed by atoms with Crippen LogP contribution in [-0.4, -0.2) is 12.6 Å². The molecule has 0 fully saturated rings. The number of aliphatic imine (C=N–C) groups is 2. The van der Waals surface area contributed by atoms with E-state index >= 15 is 0 Å². The number of allylic oxidation sites excluding steroid dienone is 1. The highest BCUT2D eigenvalue weighted by molar-refractivity contribution is 6.06. The molecule has 0 bridgehead atoms. The van der Waals surface area contributed by atoms with Crippen molar-refractivity contribution in [1.29, 1.82) is 0 Å². The van der Waals surface area contributed by atoms with E-state index in [1.807, 2.05) is 36.4 Å². The predicted octanol–water partition coefficient (Wildman–Crippen LogP) is 11.9. The molecule has 9 rings (SSSR count). The van der Waals surface area contributed by atoms with Crippen LogP contribution in [0.3, 0.4) is 0 Å². The Balaban J connectivity index is 1.30. The molecule has 0 atom stereocenters. The molecule has 7 aromatic carbocycles. The summed E-state index contributed by atoms with van der Waals surface area (Å²) in [5.74, 6) is 0.595. The Morgan fingerprint density at radius 1 is 0.490 bits per heavy atom. The van der Waals surface area contributed by atoms with Crippen LogP contribution in [-0.2, 0) is 5.41 Å². The molecule has 0 unspecified atom stereocenters. The van der Waals surface area contributed by atoms with Crippen molar-refractivity contribution < 1.29 is 0 Å². The van der Waals surface area contributed by atoms with Gasteiger partial charge in [0.2, 0.25) is 0 Å². The number of fused-ring (bicyclic) bond motifs is 9. The standard InChI is InChI=1S/C48H35N3/c1-33(46(34-18-6-3-7-19-34)50-47(49-2)35-20-8-4-9-21-35)36-30-31-41-39(32-36)38-24-12-13-25-40(38)48(41)42-26-14-16-28-44(42)51(37-22-10-5-11-23-37)45-29-17-15-27-43(45)48/h3-32H,2H2,1H3/b46-33+,50-47-. The van der Waals surface area contributed by atoms with E-state index in [0.29, 0.717) is 5.84 Å². The Kier molecular flexibility index (Phi) is 7.40. The first kappa shape index (κ1) is 30.5. The fraction of sp³-hybridized carbons (Fsp3) is 0.0417. The van der Waals surface area contributed by atoms with Crippen molar-refractivity contribution >= 4 is 40.9 Å². The molecule has 1 aliphatic heterocycles. The van der Waals surface area contributed by atoms with Gasteiger partial charge in [-0.25, -0.2) is 9.98 Å². The number of hydrogen-bond donors (Lipinski definition) is 0. The first-order chi connectivity index (χ1) is 25.2. The maximum atomic E-state index is 5.19. The number of rotatable bonds is 5. The second kappa shape index (κ2) is 12.4. The Labute approximate surface area is 299 Å². The Bertz CT molecular complexity index is 2450. The molecule has 0 N–H and O–H groups in total. The van der Waals surface area contributed by atoms with E-state index in [-0.39, 0.29) is 0 Å². The average Bonchev–Trinajstić information content (AvgIpc) is 3.49. The van der Waals surface area contributed by atoms with Crippen LogP contribution in [0.25, 0.3) is 22.4 Å². The molecule has 0 saturated heterocycles. The Morgan fingerprint density at radius 3 is 1.63 bits per heavy atom. The van der Waals surface area contributed by atoms with E-state index in [1.165, 1.54) is 44.8 Å². The third-order valence-electron chi connectivity index (χ3n) is 10.4. The predicted molar refractivity (Wildman–Crippen MR) is 213 cm³/mol. The van der Waals surface area contributed by atoms with Crippen molar-refractivity contribution in [2.45, 2.75) is 12.3 Å². The van der Waals surface area contributed by atoms with E-state index in [0.717, 1.165) is 33.6 Å². The van der Waals surface area contributed by atoms with Gasteiger partial charge in [-0.2, -0.15) is 0 Å². The molecule has 0 radical (unpaired) electrons. The zero-order chi connectivity index (χ0) is 34.4. The van der Waals surface area contributed by atoms with Crippen LogP contribution in [0.2, 0.25) is 0 Å². The van der Waals surface area contributed by atoms with Gasteiger partial charge in [-0.05, 0) is 88.5 Å². The SMILES string of the molecule is C=N/C(=N\C(=C(/C)c1ccc2c(c1)-c1ccccc1C21c2ccccc2N(c2ccccc2)c2ccccc21)c1ccccc1)c1ccccc1. The third-order valence-corrected chi connectivity index (χ3v) is 10.4. The number of anilines is 3. The lowest BCUT2D eigenvalue weighted by molar-refractivity contribution is 0.752. The van der Waals surface area contributed by atoms with Crippen LogP contribution in [0.1, 0.15) is 45.9 Å². The molecule has 1 spiro atoms. The van der Waals surface area contributed by atoms with Gasteiger partial charge in [0.15, 0.2) is 5.84 Å². The van der Waals surface area contributed by atoms with E-state index in [1.54, 1.807) is 0 Å².